The lowest BCUT2D eigenvalue weighted by molar-refractivity contribution is 0.249. The van der Waals surface area contributed by atoms with Gasteiger partial charge in [-0.25, -0.2) is 4.79 Å². The van der Waals surface area contributed by atoms with Crippen LogP contribution in [0.1, 0.15) is 0 Å². The number of rotatable bonds is 1. The van der Waals surface area contributed by atoms with Crippen molar-refractivity contribution in [2.75, 3.05) is 0 Å². The average molecular weight is 168 g/mol. The van der Waals surface area contributed by atoms with Gasteiger partial charge in [0.05, 0.1) is 5.29 Å². The van der Waals surface area contributed by atoms with Crippen LogP contribution in [0, 0.1) is 4.91 Å². The lowest BCUT2D eigenvalue weighted by Crippen LogP contribution is -2.23. The minimum absolute atomic E-state index is 0.940. The third-order valence-electron chi connectivity index (χ3n) is 0.722. The van der Waals surface area contributed by atoms with Gasteiger partial charge in [0.1, 0.15) is 0 Å². The molecule has 1 rings (SSSR count). The van der Waals surface area contributed by atoms with Crippen LogP contribution in [0.25, 0.3) is 0 Å². The molecule has 0 spiro atoms. The Bertz CT molecular complexity index is 200. The van der Waals surface area contributed by atoms with Gasteiger partial charge in [0.15, 0.2) is 0 Å². The second-order valence-electron chi connectivity index (χ2n) is 1.59. The predicted octanol–water partition coefficient (Wildman–Crippen LogP) is 0.418. The van der Waals surface area contributed by atoms with Crippen molar-refractivity contribution in [2.24, 2.45) is 11.0 Å². The maximum absolute atomic E-state index is 9.42. The summed E-state index contributed by atoms with van der Waals surface area (Å²) >= 11 is 0. The average Bonchev–Trinajstić information content (AvgIpc) is 2.08. The molecule has 0 atom stereocenters. The van der Waals surface area contributed by atoms with Crippen LogP contribution < -0.4 is 11.2 Å². The van der Waals surface area contributed by atoms with Crippen molar-refractivity contribution in [1.29, 1.82) is 0 Å². The highest BCUT2D eigenvalue weighted by Crippen LogP contribution is 1.73. The minimum atomic E-state index is -0.940. The first-order chi connectivity index (χ1) is 5.77. The van der Waals surface area contributed by atoms with E-state index >= 15 is 0 Å². The van der Waals surface area contributed by atoms with Gasteiger partial charge in [0.25, 0.3) is 0 Å². The molecule has 0 unspecified atom stereocenters. The smallest absolute Gasteiger partial charge is 0.335 e. The molecule has 1 aromatic heterocycles. The molecule has 0 bridgehead atoms. The van der Waals surface area contributed by atoms with E-state index in [0.29, 0.717) is 0 Å². The van der Waals surface area contributed by atoms with E-state index in [1.165, 1.54) is 5.43 Å². The Labute approximate surface area is 68.7 Å². The maximum atomic E-state index is 9.42. The molecule has 0 saturated heterocycles. The van der Waals surface area contributed by atoms with E-state index < -0.39 is 6.03 Å². The molecule has 1 aromatic rings. The van der Waals surface area contributed by atoms with Crippen LogP contribution in [-0.4, -0.2) is 11.0 Å². The molecule has 6 heteroatoms. The van der Waals surface area contributed by atoms with Crippen molar-refractivity contribution in [2.45, 2.75) is 0 Å². The Hall–Kier alpha value is -1.98. The van der Waals surface area contributed by atoms with E-state index in [0.717, 1.165) is 0 Å². The van der Waals surface area contributed by atoms with Gasteiger partial charge in [-0.15, -0.1) is 4.91 Å². The Balaban J connectivity index is 0.000000202. The summed E-state index contributed by atoms with van der Waals surface area (Å²) < 4.78 is 0. The largest absolute Gasteiger partial charge is 0.350 e. The number of nitrogens with zero attached hydrogens (tertiary/aromatic N) is 2. The molecule has 0 saturated carbocycles. The third kappa shape index (κ3) is 8.02. The van der Waals surface area contributed by atoms with Gasteiger partial charge < -0.3 is 5.73 Å². The number of nitroso groups, excluding NO2 is 1. The van der Waals surface area contributed by atoms with Crippen LogP contribution >= 0.6 is 0 Å². The van der Waals surface area contributed by atoms with E-state index in [-0.39, 0.29) is 0 Å². The van der Waals surface area contributed by atoms with Gasteiger partial charge in [-0.2, -0.15) is 5.43 Å². The van der Waals surface area contributed by atoms with Gasteiger partial charge in [-0.1, -0.05) is 6.07 Å². The number of hydrogen-bond acceptors (Lipinski definition) is 4. The number of nitrogens with two attached hydrogens (primary N) is 1. The summed E-state index contributed by atoms with van der Waals surface area (Å²) in [5.41, 5.74) is 5.78. The van der Waals surface area contributed by atoms with Crippen LogP contribution in [0.4, 0.5) is 4.79 Å². The van der Waals surface area contributed by atoms with E-state index in [1.54, 1.807) is 12.4 Å². The quantitative estimate of drug-likeness (QED) is 0.469. The van der Waals surface area contributed by atoms with Crippen molar-refractivity contribution >= 4 is 6.03 Å². The van der Waals surface area contributed by atoms with Gasteiger partial charge >= 0.3 is 6.03 Å². The van der Waals surface area contributed by atoms with Crippen molar-refractivity contribution in [1.82, 2.24) is 10.4 Å². The van der Waals surface area contributed by atoms with Gasteiger partial charge in [0, 0.05) is 12.4 Å². The molecule has 0 aliphatic carbocycles. The molecule has 2 amide bonds. The zero-order chi connectivity index (χ0) is 9.23. The fraction of sp³-hybridized carbons (Fsp3) is 0. The highest BCUT2D eigenvalue weighted by molar-refractivity contribution is 5.70. The third-order valence-corrected chi connectivity index (χ3v) is 0.722. The second-order valence-corrected chi connectivity index (χ2v) is 1.59. The number of amides is 2. The summed E-state index contributed by atoms with van der Waals surface area (Å²) in [4.78, 5) is 22.2. The fourth-order valence-electron chi connectivity index (χ4n) is 0.358. The first-order valence-electron chi connectivity index (χ1n) is 3.00. The maximum Gasteiger partial charge on any atom is 0.335 e. The number of carbonyl (C=O) groups excluding carboxylic acids is 1. The number of primary amides is 1. The van der Waals surface area contributed by atoms with Gasteiger partial charge in [0.2, 0.25) is 0 Å². The van der Waals surface area contributed by atoms with Gasteiger partial charge in [-0.3, -0.25) is 4.98 Å². The summed E-state index contributed by atoms with van der Waals surface area (Å²) in [5.74, 6) is 0. The Morgan fingerprint density at radius 1 is 1.33 bits per heavy atom. The van der Waals surface area contributed by atoms with Crippen molar-refractivity contribution < 1.29 is 4.79 Å². The molecule has 0 aliphatic rings. The zero-order valence-electron chi connectivity index (χ0n) is 6.18. The van der Waals surface area contributed by atoms with E-state index in [1.807, 2.05) is 23.5 Å². The summed E-state index contributed by atoms with van der Waals surface area (Å²) in [5, 5.41) is 1.96. The van der Waals surface area contributed by atoms with E-state index in [4.69, 9.17) is 4.91 Å². The van der Waals surface area contributed by atoms with Crippen molar-refractivity contribution in [3.8, 4) is 0 Å². The number of aromatic nitrogens is 1. The number of carbonyl (C=O) groups is 1. The number of urea groups is 1. The SMILES string of the molecule is NC(=O)NN=O.c1ccncc1. The molecular weight excluding hydrogens is 160 g/mol. The molecule has 0 fully saturated rings. The van der Waals surface area contributed by atoms with Crippen LogP contribution in [0.5, 0.6) is 0 Å². The fourth-order valence-corrected chi connectivity index (χ4v) is 0.358. The molecule has 3 N–H and O–H groups in total. The Morgan fingerprint density at radius 2 is 1.92 bits per heavy atom. The molecule has 0 aromatic carbocycles. The normalized spacial score (nSPS) is 7.33. The zero-order valence-corrected chi connectivity index (χ0v) is 6.18. The molecule has 6 nitrogen and oxygen atoms in total. The monoisotopic (exact) mass is 168 g/mol. The standard InChI is InChI=1S/C5H5N.CH3N3O2/c1-2-4-6-5-3-1;2-1(5)3-4-6/h1-5H;(H3,2,3,5,6). The highest BCUT2D eigenvalue weighted by Gasteiger charge is 1.80. The van der Waals surface area contributed by atoms with E-state index in [9.17, 15) is 4.79 Å². The van der Waals surface area contributed by atoms with Crippen LogP contribution in [0.15, 0.2) is 35.9 Å². The topological polar surface area (TPSA) is 97.4 Å². The lowest BCUT2D eigenvalue weighted by atomic mass is 10.5. The van der Waals surface area contributed by atoms with Crippen LogP contribution in [-0.2, 0) is 0 Å². The summed E-state index contributed by atoms with van der Waals surface area (Å²) in [7, 11) is 0. The molecule has 12 heavy (non-hydrogen) atoms. The van der Waals surface area contributed by atoms with Crippen LogP contribution in [0.3, 0.4) is 0 Å². The summed E-state index contributed by atoms with van der Waals surface area (Å²) in [6.07, 6.45) is 3.50. The lowest BCUT2D eigenvalue weighted by Gasteiger charge is -1.77. The molecule has 64 valence electrons. The molecule has 0 radical (unpaired) electrons. The second kappa shape index (κ2) is 7.13. The Kier molecular flexibility index (Phi) is 5.95. The predicted molar refractivity (Wildman–Crippen MR) is 42.8 cm³/mol. The number of pyridine rings is 1. The van der Waals surface area contributed by atoms with Gasteiger partial charge in [-0.05, 0) is 12.1 Å². The van der Waals surface area contributed by atoms with Crippen molar-refractivity contribution in [3.63, 3.8) is 0 Å². The molecule has 0 aliphatic heterocycles. The highest BCUT2D eigenvalue weighted by atomic mass is 16.3. The van der Waals surface area contributed by atoms with Crippen LogP contribution in [0.2, 0.25) is 0 Å². The number of hydrogen-bond donors (Lipinski definition) is 2. The minimum Gasteiger partial charge on any atom is -0.350 e. The Morgan fingerprint density at radius 3 is 2.00 bits per heavy atom. The van der Waals surface area contributed by atoms with Crippen molar-refractivity contribution in [3.05, 3.63) is 35.5 Å². The molecular formula is C6H8N4O2. The first-order valence-corrected chi connectivity index (χ1v) is 3.00. The summed E-state index contributed by atoms with van der Waals surface area (Å²) in [6.45, 7) is 0. The number of nitrogens with one attached hydrogen (secondary N) is 1. The first kappa shape index (κ1) is 10.0. The summed E-state index contributed by atoms with van der Waals surface area (Å²) in [6, 6.07) is 4.78. The molecule has 1 heterocycles. The van der Waals surface area contributed by atoms with E-state index in [2.05, 4.69) is 10.7 Å².